The summed E-state index contributed by atoms with van der Waals surface area (Å²) in [5.74, 6) is 0.684. The summed E-state index contributed by atoms with van der Waals surface area (Å²) in [5.41, 5.74) is 15.2. The largest absolute Gasteiger partial charge is 0.248 e. The molecule has 57 heavy (non-hydrogen) atoms. The molecule has 1 aliphatic carbocycles. The predicted octanol–water partition coefficient (Wildman–Crippen LogP) is 14.0. The Morgan fingerprint density at radius 1 is 0.333 bits per heavy atom. The molecule has 11 rings (SSSR count). The Morgan fingerprint density at radius 3 is 1.61 bits per heavy atom. The van der Waals surface area contributed by atoms with Gasteiger partial charge in [0, 0.05) is 33.1 Å². The molecule has 0 saturated heterocycles. The maximum atomic E-state index is 5.33. The minimum absolute atomic E-state index is 0.124. The molecule has 0 radical (unpaired) electrons. The van der Waals surface area contributed by atoms with Crippen molar-refractivity contribution < 1.29 is 0 Å². The fourth-order valence-corrected chi connectivity index (χ4v) is 8.81. The number of hydrogen-bond donors (Lipinski definition) is 0. The van der Waals surface area contributed by atoms with E-state index in [1.165, 1.54) is 43.8 Å². The molecule has 10 aromatic rings. The fraction of sp³-hybridized carbons (Fsp3) is 0.0556. The van der Waals surface area contributed by atoms with Gasteiger partial charge in [-0.15, -0.1) is 0 Å². The summed E-state index contributed by atoms with van der Waals surface area (Å²) < 4.78 is 0. The average Bonchev–Trinajstić information content (AvgIpc) is 3.49. The smallest absolute Gasteiger partial charge is 0.160 e. The van der Waals surface area contributed by atoms with Gasteiger partial charge in [-0.1, -0.05) is 159 Å². The highest BCUT2D eigenvalue weighted by molar-refractivity contribution is 6.02. The van der Waals surface area contributed by atoms with Crippen LogP contribution in [0.25, 0.3) is 99.9 Å². The second-order valence-electron chi connectivity index (χ2n) is 15.7. The van der Waals surface area contributed by atoms with Crippen LogP contribution < -0.4 is 0 Å². The SMILES string of the molecule is CC1(C)c2ccccc2-c2cc3c(-c4cccc(-c5nc(-c6ccc7ccccc7c6)cc(-c6ccc7ccccc7c6)n5)c4)cc(-c4ccccc4)nc3cc21. The van der Waals surface area contributed by atoms with E-state index in [2.05, 4.69) is 202 Å². The minimum Gasteiger partial charge on any atom is -0.248 e. The highest BCUT2D eigenvalue weighted by Gasteiger charge is 2.35. The van der Waals surface area contributed by atoms with Crippen LogP contribution in [0.4, 0.5) is 0 Å². The third kappa shape index (κ3) is 5.62. The van der Waals surface area contributed by atoms with E-state index in [9.17, 15) is 0 Å². The molecule has 0 saturated carbocycles. The minimum atomic E-state index is -0.124. The number of nitrogens with zero attached hydrogens (tertiary/aromatic N) is 3. The second-order valence-corrected chi connectivity index (χ2v) is 15.7. The summed E-state index contributed by atoms with van der Waals surface area (Å²) >= 11 is 0. The summed E-state index contributed by atoms with van der Waals surface area (Å²) in [7, 11) is 0. The zero-order valence-corrected chi connectivity index (χ0v) is 31.7. The van der Waals surface area contributed by atoms with Gasteiger partial charge in [0.15, 0.2) is 5.82 Å². The van der Waals surface area contributed by atoms with Crippen LogP contribution in [0.15, 0.2) is 188 Å². The van der Waals surface area contributed by atoms with E-state index in [1.807, 2.05) is 0 Å². The Morgan fingerprint density at radius 2 is 0.912 bits per heavy atom. The lowest BCUT2D eigenvalue weighted by Crippen LogP contribution is -2.14. The zero-order chi connectivity index (χ0) is 38.1. The molecular weight excluding hydrogens is 691 g/mol. The first kappa shape index (κ1) is 33.1. The zero-order valence-electron chi connectivity index (χ0n) is 31.7. The van der Waals surface area contributed by atoms with E-state index < -0.39 is 0 Å². The average molecular weight is 728 g/mol. The van der Waals surface area contributed by atoms with Crippen LogP contribution in [0.5, 0.6) is 0 Å². The standard InChI is InChI=1S/C54H37N3/c1-54(2)47-22-11-10-21-43(47)45-30-46-44(31-49(36-15-4-3-5-16-36)55-52(46)32-48(45)54)39-19-12-20-42(29-39)53-56-50(40-25-23-34-13-6-8-17-37(34)27-40)33-51(57-53)41-26-24-35-14-7-9-18-38(35)28-41/h3-33H,1-2H3. The van der Waals surface area contributed by atoms with Crippen LogP contribution in [0, 0.1) is 0 Å². The maximum Gasteiger partial charge on any atom is 0.160 e. The van der Waals surface area contributed by atoms with Crippen LogP contribution in [-0.4, -0.2) is 15.0 Å². The van der Waals surface area contributed by atoms with Gasteiger partial charge in [0.05, 0.1) is 22.6 Å². The van der Waals surface area contributed by atoms with Crippen molar-refractivity contribution in [2.45, 2.75) is 19.3 Å². The van der Waals surface area contributed by atoms with E-state index in [1.54, 1.807) is 0 Å². The first-order chi connectivity index (χ1) is 28.0. The van der Waals surface area contributed by atoms with E-state index >= 15 is 0 Å². The fourth-order valence-electron chi connectivity index (χ4n) is 8.81. The molecule has 0 unspecified atom stereocenters. The summed E-state index contributed by atoms with van der Waals surface area (Å²) in [6.45, 7) is 4.65. The normalized spacial score (nSPS) is 12.9. The third-order valence-electron chi connectivity index (χ3n) is 11.8. The van der Waals surface area contributed by atoms with Crippen molar-refractivity contribution in [2.75, 3.05) is 0 Å². The summed E-state index contributed by atoms with van der Waals surface area (Å²) in [6.07, 6.45) is 0. The highest BCUT2D eigenvalue weighted by Crippen LogP contribution is 2.50. The lowest BCUT2D eigenvalue weighted by molar-refractivity contribution is 0.661. The van der Waals surface area contributed by atoms with Crippen LogP contribution in [0.1, 0.15) is 25.0 Å². The molecule has 0 aliphatic heterocycles. The van der Waals surface area contributed by atoms with Crippen molar-refractivity contribution in [3.05, 3.63) is 199 Å². The first-order valence-electron chi connectivity index (χ1n) is 19.6. The molecule has 2 heterocycles. The molecule has 8 aromatic carbocycles. The van der Waals surface area contributed by atoms with Crippen LogP contribution in [0.3, 0.4) is 0 Å². The third-order valence-corrected chi connectivity index (χ3v) is 11.8. The van der Waals surface area contributed by atoms with E-state index in [-0.39, 0.29) is 5.41 Å². The lowest BCUT2D eigenvalue weighted by atomic mass is 9.82. The van der Waals surface area contributed by atoms with Gasteiger partial charge in [0.1, 0.15) is 0 Å². The number of benzene rings is 8. The van der Waals surface area contributed by atoms with Gasteiger partial charge in [0.2, 0.25) is 0 Å². The van der Waals surface area contributed by atoms with Gasteiger partial charge in [0.25, 0.3) is 0 Å². The van der Waals surface area contributed by atoms with Gasteiger partial charge in [-0.2, -0.15) is 0 Å². The van der Waals surface area contributed by atoms with Crippen molar-refractivity contribution in [3.63, 3.8) is 0 Å². The van der Waals surface area contributed by atoms with Crippen molar-refractivity contribution in [1.82, 2.24) is 15.0 Å². The van der Waals surface area contributed by atoms with Gasteiger partial charge in [-0.25, -0.2) is 15.0 Å². The molecule has 268 valence electrons. The molecule has 3 heteroatoms. The van der Waals surface area contributed by atoms with Gasteiger partial charge < -0.3 is 0 Å². The Kier molecular flexibility index (Phi) is 7.52. The number of fused-ring (bicyclic) bond motifs is 6. The Bertz CT molecular complexity index is 3120. The molecule has 1 aliphatic rings. The van der Waals surface area contributed by atoms with Gasteiger partial charge in [-0.05, 0) is 97.4 Å². The quantitative estimate of drug-likeness (QED) is 0.177. The van der Waals surface area contributed by atoms with E-state index in [4.69, 9.17) is 15.0 Å². The van der Waals surface area contributed by atoms with Crippen LogP contribution in [-0.2, 0) is 5.41 Å². The highest BCUT2D eigenvalue weighted by atomic mass is 14.9. The van der Waals surface area contributed by atoms with Gasteiger partial charge >= 0.3 is 0 Å². The van der Waals surface area contributed by atoms with E-state index in [0.29, 0.717) is 5.82 Å². The topological polar surface area (TPSA) is 38.7 Å². The molecule has 0 amide bonds. The Balaban J connectivity index is 1.12. The number of aromatic nitrogens is 3. The van der Waals surface area contributed by atoms with Crippen molar-refractivity contribution >= 4 is 32.4 Å². The van der Waals surface area contributed by atoms with Crippen molar-refractivity contribution in [2.24, 2.45) is 0 Å². The van der Waals surface area contributed by atoms with Crippen molar-refractivity contribution in [1.29, 1.82) is 0 Å². The monoisotopic (exact) mass is 727 g/mol. The van der Waals surface area contributed by atoms with E-state index in [0.717, 1.165) is 61.4 Å². The summed E-state index contributed by atoms with van der Waals surface area (Å²) in [5, 5.41) is 5.90. The molecule has 0 atom stereocenters. The van der Waals surface area contributed by atoms with Crippen molar-refractivity contribution in [3.8, 4) is 67.4 Å². The predicted molar refractivity (Wildman–Crippen MR) is 237 cm³/mol. The molecule has 0 N–H and O–H groups in total. The maximum absolute atomic E-state index is 5.33. The van der Waals surface area contributed by atoms with Gasteiger partial charge in [-0.3, -0.25) is 0 Å². The summed E-state index contributed by atoms with van der Waals surface area (Å²) in [4.78, 5) is 15.9. The number of hydrogen-bond acceptors (Lipinski definition) is 3. The molecule has 0 spiro atoms. The number of rotatable bonds is 5. The first-order valence-corrected chi connectivity index (χ1v) is 19.6. The second kappa shape index (κ2) is 12.9. The summed E-state index contributed by atoms with van der Waals surface area (Å²) in [6, 6.07) is 67.2. The Hall–Kier alpha value is -7.23. The Labute approximate surface area is 332 Å². The van der Waals surface area contributed by atoms with Crippen LogP contribution >= 0.6 is 0 Å². The molecule has 2 aromatic heterocycles. The van der Waals surface area contributed by atoms with Crippen LogP contribution in [0.2, 0.25) is 0 Å². The molecule has 0 fully saturated rings. The molecular formula is C54H37N3. The molecule has 0 bridgehead atoms. The lowest BCUT2D eigenvalue weighted by Gasteiger charge is -2.22. The molecule has 3 nitrogen and oxygen atoms in total. The number of pyridine rings is 1.